The molecule has 0 radical (unpaired) electrons. The molecule has 0 amide bonds. The van der Waals surface area contributed by atoms with Crippen molar-refractivity contribution in [3.05, 3.63) is 33.8 Å². The summed E-state index contributed by atoms with van der Waals surface area (Å²) in [7, 11) is 1.21. The maximum atomic E-state index is 11.8. The van der Waals surface area contributed by atoms with E-state index >= 15 is 0 Å². The molecule has 0 unspecified atom stereocenters. The third-order valence-corrected chi connectivity index (χ3v) is 2.69. The Morgan fingerprint density at radius 3 is 2.59 bits per heavy atom. The average molecular weight is 276 g/mol. The number of Topliss-reactive ketones (excluding diaryl/α,β-unsaturated/α-hetero) is 1. The van der Waals surface area contributed by atoms with Crippen LogP contribution in [0.3, 0.4) is 0 Å². The highest BCUT2D eigenvalue weighted by atomic mass is 35.5. The van der Waals surface area contributed by atoms with Crippen molar-refractivity contribution in [3.63, 3.8) is 0 Å². The van der Waals surface area contributed by atoms with Gasteiger partial charge in [-0.3, -0.25) is 9.59 Å². The highest BCUT2D eigenvalue weighted by Gasteiger charge is 2.20. The Morgan fingerprint density at radius 2 is 2.06 bits per heavy atom. The monoisotopic (exact) mass is 275 g/mol. The van der Waals surface area contributed by atoms with Gasteiger partial charge in [0, 0.05) is 17.0 Å². The van der Waals surface area contributed by atoms with Crippen molar-refractivity contribution in [3.8, 4) is 0 Å². The molecule has 0 bridgehead atoms. The first-order chi connectivity index (χ1) is 7.95. The fourth-order valence-corrected chi connectivity index (χ4v) is 1.77. The van der Waals surface area contributed by atoms with E-state index in [0.29, 0.717) is 5.02 Å². The van der Waals surface area contributed by atoms with Crippen molar-refractivity contribution in [2.24, 2.45) is 5.73 Å². The van der Waals surface area contributed by atoms with E-state index in [1.807, 2.05) is 0 Å². The summed E-state index contributed by atoms with van der Waals surface area (Å²) in [5.41, 5.74) is 5.77. The van der Waals surface area contributed by atoms with Gasteiger partial charge in [-0.1, -0.05) is 23.2 Å². The molecule has 0 aliphatic heterocycles. The second-order valence-corrected chi connectivity index (χ2v) is 4.22. The minimum Gasteiger partial charge on any atom is -0.468 e. The van der Waals surface area contributed by atoms with Gasteiger partial charge in [0.15, 0.2) is 5.78 Å². The molecule has 2 N–H and O–H groups in total. The lowest BCUT2D eigenvalue weighted by Crippen LogP contribution is -2.33. The summed E-state index contributed by atoms with van der Waals surface area (Å²) < 4.78 is 4.43. The lowest BCUT2D eigenvalue weighted by atomic mass is 10.0. The van der Waals surface area contributed by atoms with Crippen molar-refractivity contribution in [2.45, 2.75) is 12.5 Å². The molecule has 0 heterocycles. The van der Waals surface area contributed by atoms with Crippen LogP contribution in [-0.2, 0) is 9.53 Å². The van der Waals surface area contributed by atoms with Crippen LogP contribution in [0.25, 0.3) is 0 Å². The Morgan fingerprint density at radius 1 is 1.41 bits per heavy atom. The summed E-state index contributed by atoms with van der Waals surface area (Å²) >= 11 is 11.6. The molecule has 0 aliphatic carbocycles. The summed E-state index contributed by atoms with van der Waals surface area (Å²) in [6.45, 7) is 0. The number of hydrogen-bond acceptors (Lipinski definition) is 4. The molecule has 1 aromatic rings. The van der Waals surface area contributed by atoms with E-state index in [1.165, 1.54) is 19.2 Å². The minimum absolute atomic E-state index is 0.159. The maximum Gasteiger partial charge on any atom is 0.323 e. The van der Waals surface area contributed by atoms with Crippen molar-refractivity contribution in [2.75, 3.05) is 7.11 Å². The fraction of sp³-hybridized carbons (Fsp3) is 0.273. The van der Waals surface area contributed by atoms with E-state index < -0.39 is 12.0 Å². The number of carbonyl (C=O) groups is 2. The molecule has 0 saturated heterocycles. The first-order valence-corrected chi connectivity index (χ1v) is 5.53. The van der Waals surface area contributed by atoms with Crippen LogP contribution in [0.4, 0.5) is 0 Å². The van der Waals surface area contributed by atoms with Crippen LogP contribution in [0.15, 0.2) is 18.2 Å². The number of hydrogen-bond donors (Lipinski definition) is 1. The van der Waals surface area contributed by atoms with E-state index in [0.717, 1.165) is 0 Å². The molecule has 1 aromatic carbocycles. The van der Waals surface area contributed by atoms with Gasteiger partial charge in [-0.25, -0.2) is 0 Å². The second kappa shape index (κ2) is 6.00. The zero-order valence-corrected chi connectivity index (χ0v) is 10.6. The number of methoxy groups -OCH3 is 1. The van der Waals surface area contributed by atoms with Crippen molar-refractivity contribution < 1.29 is 14.3 Å². The van der Waals surface area contributed by atoms with Crippen LogP contribution in [0.2, 0.25) is 10.0 Å². The quantitative estimate of drug-likeness (QED) is 0.675. The zero-order valence-electron chi connectivity index (χ0n) is 9.07. The van der Waals surface area contributed by atoms with Crippen LogP contribution in [0.5, 0.6) is 0 Å². The fourth-order valence-electron chi connectivity index (χ4n) is 1.26. The van der Waals surface area contributed by atoms with Gasteiger partial charge in [0.05, 0.1) is 12.1 Å². The SMILES string of the molecule is COC(=O)[C@@H](N)CC(=O)c1ccc(Cl)cc1Cl. The van der Waals surface area contributed by atoms with E-state index in [9.17, 15) is 9.59 Å². The molecule has 1 atom stereocenters. The summed E-state index contributed by atoms with van der Waals surface area (Å²) in [5, 5.41) is 0.670. The highest BCUT2D eigenvalue weighted by molar-refractivity contribution is 6.36. The molecule has 92 valence electrons. The lowest BCUT2D eigenvalue weighted by Gasteiger charge is -2.09. The molecule has 1 rings (SSSR count). The lowest BCUT2D eigenvalue weighted by molar-refractivity contribution is -0.142. The number of nitrogens with two attached hydrogens (primary N) is 1. The Balaban J connectivity index is 2.80. The average Bonchev–Trinajstić information content (AvgIpc) is 2.27. The smallest absolute Gasteiger partial charge is 0.323 e. The molecule has 0 aliphatic rings. The van der Waals surface area contributed by atoms with Gasteiger partial charge in [-0.05, 0) is 18.2 Å². The van der Waals surface area contributed by atoms with Crippen molar-refractivity contribution in [1.82, 2.24) is 0 Å². The van der Waals surface area contributed by atoms with Gasteiger partial charge in [-0.2, -0.15) is 0 Å². The van der Waals surface area contributed by atoms with Gasteiger partial charge < -0.3 is 10.5 Å². The standard InChI is InChI=1S/C11H11Cl2NO3/c1-17-11(16)9(14)5-10(15)7-3-2-6(12)4-8(7)13/h2-4,9H,5,14H2,1H3/t9-/m0/s1. The zero-order chi connectivity index (χ0) is 13.0. The van der Waals surface area contributed by atoms with Gasteiger partial charge in [0.2, 0.25) is 0 Å². The van der Waals surface area contributed by atoms with E-state index in [1.54, 1.807) is 6.07 Å². The van der Waals surface area contributed by atoms with E-state index in [2.05, 4.69) is 4.74 Å². The molecule has 6 heteroatoms. The first kappa shape index (κ1) is 14.0. The first-order valence-electron chi connectivity index (χ1n) is 4.77. The van der Waals surface area contributed by atoms with E-state index in [-0.39, 0.29) is 22.8 Å². The van der Waals surface area contributed by atoms with E-state index in [4.69, 9.17) is 28.9 Å². The molecule has 0 spiro atoms. The predicted molar refractivity (Wildman–Crippen MR) is 65.4 cm³/mol. The number of ketones is 1. The maximum absolute atomic E-state index is 11.8. The largest absolute Gasteiger partial charge is 0.468 e. The molecule has 0 fully saturated rings. The van der Waals surface area contributed by atoms with Crippen LogP contribution in [0, 0.1) is 0 Å². The van der Waals surface area contributed by atoms with Gasteiger partial charge >= 0.3 is 5.97 Å². The third-order valence-electron chi connectivity index (χ3n) is 2.14. The number of esters is 1. The predicted octanol–water partition coefficient (Wildman–Crippen LogP) is 2.07. The van der Waals surface area contributed by atoms with Crippen LogP contribution < -0.4 is 5.73 Å². The number of halogens is 2. The van der Waals surface area contributed by atoms with Crippen molar-refractivity contribution >= 4 is 35.0 Å². The van der Waals surface area contributed by atoms with Crippen LogP contribution >= 0.6 is 23.2 Å². The molecule has 4 nitrogen and oxygen atoms in total. The minimum atomic E-state index is -0.987. The number of rotatable bonds is 4. The number of benzene rings is 1. The Kier molecular flexibility index (Phi) is 4.93. The topological polar surface area (TPSA) is 69.4 Å². The van der Waals surface area contributed by atoms with Crippen molar-refractivity contribution in [1.29, 1.82) is 0 Å². The summed E-state index contributed by atoms with van der Waals surface area (Å²) in [6, 6.07) is 3.51. The molecule has 17 heavy (non-hydrogen) atoms. The summed E-state index contributed by atoms with van der Waals surface area (Å²) in [6.07, 6.45) is -0.159. The Labute approximate surface area is 109 Å². The van der Waals surface area contributed by atoms with Gasteiger partial charge in [0.1, 0.15) is 6.04 Å². The highest BCUT2D eigenvalue weighted by Crippen LogP contribution is 2.22. The molecule has 0 saturated carbocycles. The second-order valence-electron chi connectivity index (χ2n) is 3.38. The van der Waals surface area contributed by atoms with Crippen LogP contribution in [0.1, 0.15) is 16.8 Å². The normalized spacial score (nSPS) is 12.0. The van der Waals surface area contributed by atoms with Crippen LogP contribution in [-0.4, -0.2) is 24.9 Å². The number of ether oxygens (including phenoxy) is 1. The third kappa shape index (κ3) is 3.70. The Hall–Kier alpha value is -1.10. The van der Waals surface area contributed by atoms with Gasteiger partial charge in [-0.15, -0.1) is 0 Å². The number of carbonyl (C=O) groups excluding carboxylic acids is 2. The Bertz CT molecular complexity index is 448. The molecular weight excluding hydrogens is 265 g/mol. The summed E-state index contributed by atoms with van der Waals surface area (Å²) in [4.78, 5) is 22.9. The summed E-state index contributed by atoms with van der Waals surface area (Å²) in [5.74, 6) is -0.965. The molecule has 0 aromatic heterocycles. The molecular formula is C11H11Cl2NO3. The van der Waals surface area contributed by atoms with Gasteiger partial charge in [0.25, 0.3) is 0 Å².